The molecule has 3 heterocycles. The summed E-state index contributed by atoms with van der Waals surface area (Å²) >= 11 is 1.23. The van der Waals surface area contributed by atoms with Crippen LogP contribution in [-0.4, -0.2) is 37.0 Å². The Morgan fingerprint density at radius 2 is 1.90 bits per heavy atom. The Bertz CT molecular complexity index is 1090. The number of amides is 1. The average Bonchev–Trinajstić information content (AvgIpc) is 3.48. The fourth-order valence-corrected chi connectivity index (χ4v) is 7.54. The predicted octanol–water partition coefficient (Wildman–Crippen LogP) is 3.89. The number of fused-ring (bicyclic) bond motifs is 1. The summed E-state index contributed by atoms with van der Waals surface area (Å²) in [7, 11) is -3.68. The number of hydrogen-bond donors (Lipinski definition) is 1. The first kappa shape index (κ1) is 19.8. The van der Waals surface area contributed by atoms with E-state index in [4.69, 9.17) is 9.47 Å². The summed E-state index contributed by atoms with van der Waals surface area (Å²) < 4.78 is 39.7. The van der Waals surface area contributed by atoms with E-state index in [0.29, 0.717) is 36.6 Å². The maximum atomic E-state index is 13.0. The fourth-order valence-electron chi connectivity index (χ4n) is 4.47. The molecule has 1 saturated heterocycles. The van der Waals surface area contributed by atoms with E-state index >= 15 is 0 Å². The van der Waals surface area contributed by atoms with Gasteiger partial charge >= 0.3 is 0 Å². The Kier molecular flexibility index (Phi) is 4.79. The molecule has 7 nitrogen and oxygen atoms in total. The van der Waals surface area contributed by atoms with Crippen molar-refractivity contribution in [1.29, 1.82) is 0 Å². The molecule has 3 aliphatic rings. The summed E-state index contributed by atoms with van der Waals surface area (Å²) in [5.41, 5.74) is 0.577. The van der Waals surface area contributed by atoms with Crippen LogP contribution in [0.4, 0.5) is 5.69 Å². The van der Waals surface area contributed by atoms with Gasteiger partial charge in [0, 0.05) is 36.0 Å². The summed E-state index contributed by atoms with van der Waals surface area (Å²) in [4.78, 5) is 13.9. The Balaban J connectivity index is 1.32. The Morgan fingerprint density at radius 3 is 2.63 bits per heavy atom. The minimum Gasteiger partial charge on any atom is -0.448 e. The molecule has 1 N–H and O–H groups in total. The number of anilines is 1. The third-order valence-corrected chi connectivity index (χ3v) is 9.33. The standard InChI is InChI=1S/C21H24N2O5S2/c1-14-6-9-19(29-14)30(25,26)23-12-4-5-16(23)20(24)22-15-7-8-17-18(13-15)28-21(27-17)10-2-3-11-21/h6-9,13,16H,2-5,10-12H2,1H3,(H,22,24). The van der Waals surface area contributed by atoms with Gasteiger partial charge in [0.1, 0.15) is 10.3 Å². The molecule has 0 radical (unpaired) electrons. The van der Waals surface area contributed by atoms with Crippen molar-refractivity contribution in [3.05, 3.63) is 35.2 Å². The van der Waals surface area contributed by atoms with Crippen LogP contribution in [0, 0.1) is 6.92 Å². The molecule has 2 fully saturated rings. The van der Waals surface area contributed by atoms with Gasteiger partial charge in [0.25, 0.3) is 15.8 Å². The molecule has 0 bridgehead atoms. The molecule has 1 aliphatic carbocycles. The Morgan fingerprint density at radius 1 is 1.13 bits per heavy atom. The first-order valence-corrected chi connectivity index (χ1v) is 12.5. The second kappa shape index (κ2) is 7.25. The Labute approximate surface area is 180 Å². The highest BCUT2D eigenvalue weighted by Gasteiger charge is 2.44. The van der Waals surface area contributed by atoms with Crippen LogP contribution in [-0.2, 0) is 14.8 Å². The zero-order valence-corrected chi connectivity index (χ0v) is 18.4. The number of rotatable bonds is 4. The van der Waals surface area contributed by atoms with Gasteiger partial charge in [0.15, 0.2) is 11.5 Å². The number of benzene rings is 1. The number of carbonyl (C=O) groups is 1. The van der Waals surface area contributed by atoms with Gasteiger partial charge in [-0.15, -0.1) is 11.3 Å². The maximum absolute atomic E-state index is 13.0. The van der Waals surface area contributed by atoms with Crippen molar-refractivity contribution in [2.45, 2.75) is 61.5 Å². The topological polar surface area (TPSA) is 84.9 Å². The number of ether oxygens (including phenoxy) is 2. The highest BCUT2D eigenvalue weighted by atomic mass is 32.2. The van der Waals surface area contributed by atoms with Gasteiger partial charge < -0.3 is 14.8 Å². The number of nitrogens with one attached hydrogen (secondary N) is 1. The van der Waals surface area contributed by atoms with E-state index < -0.39 is 21.9 Å². The monoisotopic (exact) mass is 448 g/mol. The van der Waals surface area contributed by atoms with Gasteiger partial charge in [-0.25, -0.2) is 8.42 Å². The van der Waals surface area contributed by atoms with Crippen LogP contribution in [0.5, 0.6) is 11.5 Å². The second-order valence-electron chi connectivity index (χ2n) is 8.11. The van der Waals surface area contributed by atoms with Crippen LogP contribution >= 0.6 is 11.3 Å². The van der Waals surface area contributed by atoms with Gasteiger partial charge in [-0.1, -0.05) is 0 Å². The molecule has 1 aromatic carbocycles. The minimum atomic E-state index is -3.68. The zero-order valence-electron chi connectivity index (χ0n) is 16.7. The molecule has 30 heavy (non-hydrogen) atoms. The Hall–Kier alpha value is -2.10. The third kappa shape index (κ3) is 3.38. The summed E-state index contributed by atoms with van der Waals surface area (Å²) in [6.45, 7) is 2.22. The van der Waals surface area contributed by atoms with Crippen molar-refractivity contribution in [2.75, 3.05) is 11.9 Å². The predicted molar refractivity (Wildman–Crippen MR) is 113 cm³/mol. The highest BCUT2D eigenvalue weighted by Crippen LogP contribution is 2.47. The summed E-state index contributed by atoms with van der Waals surface area (Å²) in [5.74, 6) is 0.437. The van der Waals surface area contributed by atoms with Crippen LogP contribution in [0.25, 0.3) is 0 Å². The number of aryl methyl sites for hydroxylation is 1. The van der Waals surface area contributed by atoms with Crippen molar-refractivity contribution >= 4 is 33.0 Å². The summed E-state index contributed by atoms with van der Waals surface area (Å²) in [5, 5.41) is 2.87. The molecule has 160 valence electrons. The normalized spacial score (nSPS) is 22.6. The molecule has 2 aromatic rings. The molecular formula is C21H24N2O5S2. The van der Waals surface area contributed by atoms with Crippen molar-refractivity contribution in [2.24, 2.45) is 0 Å². The van der Waals surface area contributed by atoms with E-state index in [-0.39, 0.29) is 10.1 Å². The number of thiophene rings is 1. The van der Waals surface area contributed by atoms with E-state index in [9.17, 15) is 13.2 Å². The lowest BCUT2D eigenvalue weighted by Crippen LogP contribution is -2.42. The first-order chi connectivity index (χ1) is 14.4. The van der Waals surface area contributed by atoms with E-state index in [1.807, 2.05) is 6.92 Å². The van der Waals surface area contributed by atoms with Crippen LogP contribution in [0.2, 0.25) is 0 Å². The fraction of sp³-hybridized carbons (Fsp3) is 0.476. The molecule has 1 amide bonds. The average molecular weight is 449 g/mol. The lowest BCUT2D eigenvalue weighted by Gasteiger charge is -2.22. The van der Waals surface area contributed by atoms with Crippen molar-refractivity contribution in [3.63, 3.8) is 0 Å². The maximum Gasteiger partial charge on any atom is 0.253 e. The number of hydrogen-bond acceptors (Lipinski definition) is 6. The van der Waals surface area contributed by atoms with E-state index in [2.05, 4.69) is 5.32 Å². The molecule has 1 atom stereocenters. The molecule has 1 aromatic heterocycles. The zero-order chi connectivity index (χ0) is 20.9. The van der Waals surface area contributed by atoms with E-state index in [0.717, 1.165) is 30.6 Å². The van der Waals surface area contributed by atoms with Crippen molar-refractivity contribution in [1.82, 2.24) is 4.31 Å². The van der Waals surface area contributed by atoms with Crippen molar-refractivity contribution in [3.8, 4) is 11.5 Å². The van der Waals surface area contributed by atoms with Crippen LogP contribution in [0.3, 0.4) is 0 Å². The van der Waals surface area contributed by atoms with E-state index in [1.165, 1.54) is 15.6 Å². The molecular weight excluding hydrogens is 424 g/mol. The molecule has 1 spiro atoms. The third-order valence-electron chi connectivity index (χ3n) is 5.95. The molecule has 1 unspecified atom stereocenters. The van der Waals surface area contributed by atoms with Gasteiger partial charge in [0.2, 0.25) is 5.91 Å². The molecule has 9 heteroatoms. The summed E-state index contributed by atoms with van der Waals surface area (Å²) in [6, 6.07) is 8.01. The van der Waals surface area contributed by atoms with Crippen molar-refractivity contribution < 1.29 is 22.7 Å². The highest BCUT2D eigenvalue weighted by molar-refractivity contribution is 7.91. The van der Waals surface area contributed by atoms with Crippen LogP contribution in [0.1, 0.15) is 43.4 Å². The van der Waals surface area contributed by atoms with E-state index in [1.54, 1.807) is 30.3 Å². The van der Waals surface area contributed by atoms with Gasteiger partial charge in [0.05, 0.1) is 0 Å². The van der Waals surface area contributed by atoms with Gasteiger partial charge in [-0.2, -0.15) is 4.31 Å². The summed E-state index contributed by atoms with van der Waals surface area (Å²) in [6.07, 6.45) is 5.04. The molecule has 5 rings (SSSR count). The first-order valence-electron chi connectivity index (χ1n) is 10.3. The second-order valence-corrected chi connectivity index (χ2v) is 11.5. The SMILES string of the molecule is Cc1ccc(S(=O)(=O)N2CCCC2C(=O)Nc2ccc3c(c2)OC2(CCCC2)O3)s1. The lowest BCUT2D eigenvalue weighted by atomic mass is 10.2. The lowest BCUT2D eigenvalue weighted by molar-refractivity contribution is -0.119. The van der Waals surface area contributed by atoms with Gasteiger partial charge in [-0.05, 0) is 56.9 Å². The van der Waals surface area contributed by atoms with Crippen LogP contribution in [0.15, 0.2) is 34.5 Å². The minimum absolute atomic E-state index is 0.282. The smallest absolute Gasteiger partial charge is 0.253 e. The van der Waals surface area contributed by atoms with Crippen LogP contribution < -0.4 is 14.8 Å². The molecule has 2 aliphatic heterocycles. The number of carbonyl (C=O) groups excluding carboxylic acids is 1. The van der Waals surface area contributed by atoms with Gasteiger partial charge in [-0.3, -0.25) is 4.79 Å². The quantitative estimate of drug-likeness (QED) is 0.767. The largest absolute Gasteiger partial charge is 0.448 e. The molecule has 1 saturated carbocycles. The number of sulfonamides is 1. The number of nitrogens with zero attached hydrogens (tertiary/aromatic N) is 1.